The zero-order valence-corrected chi connectivity index (χ0v) is 17.2. The monoisotopic (exact) mass is 430 g/mol. The molecule has 0 saturated carbocycles. The van der Waals surface area contributed by atoms with Crippen molar-refractivity contribution < 1.29 is 13.5 Å². The van der Waals surface area contributed by atoms with Crippen molar-refractivity contribution in [2.24, 2.45) is 0 Å². The van der Waals surface area contributed by atoms with E-state index in [4.69, 9.17) is 4.74 Å². The molecule has 2 aromatic heterocycles. The minimum Gasteiger partial charge on any atom is -0.382 e. The van der Waals surface area contributed by atoms with E-state index in [-0.39, 0.29) is 16.9 Å². The molecule has 0 saturated heterocycles. The normalized spacial score (nSPS) is 11.6. The van der Waals surface area contributed by atoms with Crippen LogP contribution in [0, 0.1) is 11.6 Å². The molecule has 0 N–H and O–H groups in total. The van der Waals surface area contributed by atoms with Crippen LogP contribution in [0.4, 0.5) is 8.78 Å². The van der Waals surface area contributed by atoms with E-state index in [1.54, 1.807) is 21.1 Å². The van der Waals surface area contributed by atoms with Gasteiger partial charge in [-0.25, -0.2) is 8.78 Å². The van der Waals surface area contributed by atoms with Gasteiger partial charge in [-0.3, -0.25) is 13.8 Å². The molecule has 0 aliphatic heterocycles. The summed E-state index contributed by atoms with van der Waals surface area (Å²) in [4.78, 5) is 13.0. The molecule has 0 bridgehead atoms. The van der Waals surface area contributed by atoms with Gasteiger partial charge in [0, 0.05) is 31.1 Å². The number of halogens is 2. The Balaban J connectivity index is 1.75. The van der Waals surface area contributed by atoms with Crippen LogP contribution in [0.15, 0.2) is 52.4 Å². The number of para-hydroxylation sites is 1. The molecule has 4 rings (SSSR count). The van der Waals surface area contributed by atoms with Gasteiger partial charge in [0.15, 0.2) is 16.8 Å². The van der Waals surface area contributed by atoms with E-state index in [9.17, 15) is 13.6 Å². The van der Waals surface area contributed by atoms with Crippen molar-refractivity contribution in [2.45, 2.75) is 30.8 Å². The molecule has 2 heterocycles. The van der Waals surface area contributed by atoms with Gasteiger partial charge in [-0.15, -0.1) is 10.2 Å². The summed E-state index contributed by atoms with van der Waals surface area (Å²) >= 11 is 1.24. The van der Waals surface area contributed by atoms with Crippen LogP contribution in [-0.2, 0) is 17.0 Å². The van der Waals surface area contributed by atoms with Crippen LogP contribution in [0.5, 0.6) is 0 Å². The quantitative estimate of drug-likeness (QED) is 0.312. The van der Waals surface area contributed by atoms with Gasteiger partial charge >= 0.3 is 0 Å². The lowest BCUT2D eigenvalue weighted by atomic mass is 10.2. The van der Waals surface area contributed by atoms with Crippen molar-refractivity contribution in [1.29, 1.82) is 0 Å². The third-order valence-corrected chi connectivity index (χ3v) is 5.72. The molecule has 156 valence electrons. The summed E-state index contributed by atoms with van der Waals surface area (Å²) in [5.74, 6) is -1.15. The third-order valence-electron chi connectivity index (χ3n) is 4.74. The molecule has 0 spiro atoms. The van der Waals surface area contributed by atoms with E-state index in [0.29, 0.717) is 48.0 Å². The van der Waals surface area contributed by atoms with Crippen LogP contribution in [0.2, 0.25) is 0 Å². The van der Waals surface area contributed by atoms with Crippen molar-refractivity contribution >= 4 is 28.4 Å². The summed E-state index contributed by atoms with van der Waals surface area (Å²) in [6, 6.07) is 11.3. The molecule has 4 aromatic rings. The lowest BCUT2D eigenvalue weighted by molar-refractivity contribution is 0.141. The highest BCUT2D eigenvalue weighted by Gasteiger charge is 2.17. The summed E-state index contributed by atoms with van der Waals surface area (Å²) in [5.41, 5.74) is 0.770. The van der Waals surface area contributed by atoms with Crippen molar-refractivity contribution in [3.05, 3.63) is 70.0 Å². The van der Waals surface area contributed by atoms with Crippen molar-refractivity contribution in [2.75, 3.05) is 13.2 Å². The van der Waals surface area contributed by atoms with Crippen LogP contribution in [0.3, 0.4) is 0 Å². The average Bonchev–Trinajstić information content (AvgIpc) is 3.18. The fourth-order valence-electron chi connectivity index (χ4n) is 3.30. The van der Waals surface area contributed by atoms with Gasteiger partial charge in [0.1, 0.15) is 0 Å². The first kappa shape index (κ1) is 20.5. The van der Waals surface area contributed by atoms with E-state index >= 15 is 0 Å². The largest absolute Gasteiger partial charge is 0.382 e. The fourth-order valence-corrected chi connectivity index (χ4v) is 4.22. The van der Waals surface area contributed by atoms with Gasteiger partial charge in [-0.1, -0.05) is 36.0 Å². The second-order valence-electron chi connectivity index (χ2n) is 6.64. The summed E-state index contributed by atoms with van der Waals surface area (Å²) in [6.07, 6.45) is 0.658. The van der Waals surface area contributed by atoms with E-state index < -0.39 is 11.6 Å². The minimum absolute atomic E-state index is 0.144. The zero-order valence-electron chi connectivity index (χ0n) is 16.3. The highest BCUT2D eigenvalue weighted by molar-refractivity contribution is 7.98. The van der Waals surface area contributed by atoms with E-state index in [2.05, 4.69) is 10.2 Å². The first-order chi connectivity index (χ1) is 14.6. The maximum Gasteiger partial charge on any atom is 0.262 e. The predicted octanol–water partition coefficient (Wildman–Crippen LogP) is 4.04. The first-order valence-electron chi connectivity index (χ1n) is 9.62. The maximum absolute atomic E-state index is 14.0. The Morgan fingerprint density at radius 1 is 1.10 bits per heavy atom. The second-order valence-corrected chi connectivity index (χ2v) is 7.59. The Hall–Kier alpha value is -2.78. The molecule has 0 radical (unpaired) electrons. The lowest BCUT2D eigenvalue weighted by Crippen LogP contribution is -2.24. The van der Waals surface area contributed by atoms with Crippen LogP contribution >= 0.6 is 11.8 Å². The molecular formula is C21H20F2N4O2S. The lowest BCUT2D eigenvalue weighted by Gasteiger charge is -2.11. The number of thioether (sulfide) groups is 1. The molecule has 0 fully saturated rings. The summed E-state index contributed by atoms with van der Waals surface area (Å²) in [6.45, 7) is 3.51. The van der Waals surface area contributed by atoms with Crippen molar-refractivity contribution in [1.82, 2.24) is 19.2 Å². The number of hydrogen-bond acceptors (Lipinski definition) is 5. The number of ether oxygens (including phenoxy) is 1. The Kier molecular flexibility index (Phi) is 6.10. The number of fused-ring (bicyclic) bond motifs is 3. The van der Waals surface area contributed by atoms with Gasteiger partial charge in [0.05, 0.1) is 10.9 Å². The van der Waals surface area contributed by atoms with Crippen molar-refractivity contribution in [3.63, 3.8) is 0 Å². The Bertz CT molecular complexity index is 1260. The van der Waals surface area contributed by atoms with Crippen LogP contribution in [0.1, 0.15) is 18.9 Å². The smallest absolute Gasteiger partial charge is 0.262 e. The van der Waals surface area contributed by atoms with Gasteiger partial charge < -0.3 is 4.74 Å². The predicted molar refractivity (Wildman–Crippen MR) is 112 cm³/mol. The van der Waals surface area contributed by atoms with E-state index in [1.165, 1.54) is 23.9 Å². The molecule has 6 nitrogen and oxygen atoms in total. The number of benzene rings is 2. The van der Waals surface area contributed by atoms with Crippen molar-refractivity contribution in [3.8, 4) is 0 Å². The van der Waals surface area contributed by atoms with E-state index in [1.807, 2.05) is 19.1 Å². The summed E-state index contributed by atoms with van der Waals surface area (Å²) in [7, 11) is 0. The first-order valence-corrected chi connectivity index (χ1v) is 10.6. The van der Waals surface area contributed by atoms with Gasteiger partial charge in [-0.2, -0.15) is 0 Å². The number of aromatic nitrogens is 4. The highest BCUT2D eigenvalue weighted by Crippen LogP contribution is 2.26. The summed E-state index contributed by atoms with van der Waals surface area (Å²) in [5, 5.41) is 9.50. The molecule has 30 heavy (non-hydrogen) atoms. The highest BCUT2D eigenvalue weighted by atomic mass is 32.2. The SMILES string of the molecule is CCOCCCn1c(=O)c2ccccc2n2c(SCc3cccc(F)c3F)nnc12. The van der Waals surface area contributed by atoms with Gasteiger partial charge in [0.25, 0.3) is 5.56 Å². The molecule has 0 aliphatic rings. The average molecular weight is 430 g/mol. The molecule has 0 aliphatic carbocycles. The topological polar surface area (TPSA) is 61.4 Å². The molecule has 2 aromatic carbocycles. The van der Waals surface area contributed by atoms with Gasteiger partial charge in [0.2, 0.25) is 5.78 Å². The Labute approximate surface area is 175 Å². The number of rotatable bonds is 8. The summed E-state index contributed by atoms with van der Waals surface area (Å²) < 4.78 is 36.3. The zero-order chi connectivity index (χ0) is 21.1. The number of nitrogens with zero attached hydrogens (tertiary/aromatic N) is 4. The Morgan fingerprint density at radius 3 is 2.77 bits per heavy atom. The van der Waals surface area contributed by atoms with Gasteiger partial charge in [-0.05, 0) is 31.5 Å². The maximum atomic E-state index is 14.0. The fraction of sp³-hybridized carbons (Fsp3) is 0.286. The number of hydrogen-bond donors (Lipinski definition) is 0. The molecular weight excluding hydrogens is 410 g/mol. The van der Waals surface area contributed by atoms with Crippen LogP contribution in [-0.4, -0.2) is 32.4 Å². The molecule has 0 atom stereocenters. The van der Waals surface area contributed by atoms with Crippen LogP contribution < -0.4 is 5.56 Å². The number of aryl methyl sites for hydroxylation is 1. The van der Waals surface area contributed by atoms with Crippen LogP contribution in [0.25, 0.3) is 16.7 Å². The Morgan fingerprint density at radius 2 is 1.93 bits per heavy atom. The van der Waals surface area contributed by atoms with E-state index in [0.717, 1.165) is 6.07 Å². The standard InChI is InChI=1S/C21H20F2N4O2S/c1-2-29-12-6-11-26-19(28)15-8-3-4-10-17(15)27-20(26)24-25-21(27)30-13-14-7-5-9-16(22)18(14)23/h3-5,7-10H,2,6,11-13H2,1H3. The second kappa shape index (κ2) is 8.93. The molecule has 0 unspecified atom stereocenters. The molecule has 9 heteroatoms. The molecule has 0 amide bonds. The minimum atomic E-state index is -0.882. The third kappa shape index (κ3) is 3.82.